The molecule has 7 heteroatoms. The Bertz CT molecular complexity index is 1390. The predicted molar refractivity (Wildman–Crippen MR) is 138 cm³/mol. The summed E-state index contributed by atoms with van der Waals surface area (Å²) < 4.78 is 0. The Balaban J connectivity index is 1.45. The molecule has 3 aliphatic rings. The van der Waals surface area contributed by atoms with E-state index >= 15 is 0 Å². The Kier molecular flexibility index (Phi) is 5.54. The van der Waals surface area contributed by atoms with Crippen LogP contribution in [0.15, 0.2) is 54.7 Å². The van der Waals surface area contributed by atoms with Crippen LogP contribution in [0, 0.1) is 0 Å². The van der Waals surface area contributed by atoms with Gasteiger partial charge in [0.05, 0.1) is 12.5 Å². The van der Waals surface area contributed by atoms with Crippen molar-refractivity contribution in [3.05, 3.63) is 88.2 Å². The van der Waals surface area contributed by atoms with Gasteiger partial charge in [-0.3, -0.25) is 9.59 Å². The van der Waals surface area contributed by atoms with Gasteiger partial charge in [-0.25, -0.2) is 0 Å². The quantitative estimate of drug-likeness (QED) is 0.370. The van der Waals surface area contributed by atoms with Gasteiger partial charge >= 0.3 is 0 Å². The van der Waals surface area contributed by atoms with E-state index in [2.05, 4.69) is 46.1 Å². The first-order chi connectivity index (χ1) is 17.5. The van der Waals surface area contributed by atoms with Gasteiger partial charge in [0, 0.05) is 28.7 Å². The summed E-state index contributed by atoms with van der Waals surface area (Å²) >= 11 is 0. The molecule has 2 amide bonds. The number of benzene rings is 2. The minimum Gasteiger partial charge on any atom is -0.393 e. The Morgan fingerprint density at radius 1 is 1.17 bits per heavy atom. The number of aryl methyl sites for hydroxylation is 1. The van der Waals surface area contributed by atoms with Gasteiger partial charge < -0.3 is 25.8 Å². The van der Waals surface area contributed by atoms with Crippen molar-refractivity contribution >= 4 is 29.3 Å². The van der Waals surface area contributed by atoms with E-state index in [1.807, 2.05) is 18.2 Å². The molecule has 2 heterocycles. The minimum absolute atomic E-state index is 0.0744. The number of hydrogen-bond donors (Lipinski definition) is 5. The molecule has 0 radical (unpaired) electrons. The molecule has 6 rings (SSSR count). The number of nitrogens with one attached hydrogen (secondary N) is 3. The molecule has 3 unspecified atom stereocenters. The third-order valence-electron chi connectivity index (χ3n) is 7.92. The highest BCUT2D eigenvalue weighted by Crippen LogP contribution is 2.53. The first-order valence-electron chi connectivity index (χ1n) is 12.5. The van der Waals surface area contributed by atoms with Crippen LogP contribution in [0.1, 0.15) is 52.3 Å². The number of amides is 2. The van der Waals surface area contributed by atoms with Crippen LogP contribution < -0.4 is 10.6 Å². The van der Waals surface area contributed by atoms with Crippen LogP contribution in [0.3, 0.4) is 0 Å². The van der Waals surface area contributed by atoms with Crippen LogP contribution in [0.2, 0.25) is 0 Å². The number of rotatable bonds is 6. The van der Waals surface area contributed by atoms with E-state index in [-0.39, 0.29) is 5.91 Å². The predicted octanol–water partition coefficient (Wildman–Crippen LogP) is 3.43. The Morgan fingerprint density at radius 3 is 2.86 bits per heavy atom. The molecule has 0 saturated heterocycles. The number of allylic oxidation sites excluding steroid dienone is 1. The number of aromatic nitrogens is 1. The van der Waals surface area contributed by atoms with Gasteiger partial charge in [0.2, 0.25) is 5.91 Å². The molecule has 3 atom stereocenters. The van der Waals surface area contributed by atoms with Gasteiger partial charge in [0.15, 0.2) is 6.10 Å². The topological polar surface area (TPSA) is 114 Å². The highest BCUT2D eigenvalue weighted by Gasteiger charge is 2.50. The molecule has 7 nitrogen and oxygen atoms in total. The van der Waals surface area contributed by atoms with E-state index in [1.165, 1.54) is 29.7 Å². The Hall–Kier alpha value is -3.68. The Morgan fingerprint density at radius 2 is 2.00 bits per heavy atom. The number of carbonyl (C=O) groups is 2. The summed E-state index contributed by atoms with van der Waals surface area (Å²) in [5, 5.41) is 24.5. The SMILES string of the molecule is O=C(Nc1ccc2c(c1)C(C1(Cc3c[nH]c4c3CCCC4)C=Cc3ccccc31)C(=O)N2)C(O)CO. The summed E-state index contributed by atoms with van der Waals surface area (Å²) in [5.41, 5.74) is 7.59. The first kappa shape index (κ1) is 22.8. The highest BCUT2D eigenvalue weighted by atomic mass is 16.3. The molecule has 184 valence electrons. The average molecular weight is 484 g/mol. The van der Waals surface area contributed by atoms with Crippen molar-refractivity contribution < 1.29 is 19.8 Å². The lowest BCUT2D eigenvalue weighted by Gasteiger charge is -2.35. The number of aliphatic hydroxyl groups is 2. The Labute approximate surface area is 209 Å². The maximum Gasteiger partial charge on any atom is 0.255 e. The molecule has 0 spiro atoms. The van der Waals surface area contributed by atoms with Crippen LogP contribution in [0.5, 0.6) is 0 Å². The molecule has 0 bridgehead atoms. The number of hydrogen-bond acceptors (Lipinski definition) is 4. The van der Waals surface area contributed by atoms with Crippen LogP contribution in [-0.2, 0) is 34.3 Å². The number of anilines is 2. The maximum absolute atomic E-state index is 13.6. The molecule has 2 aromatic carbocycles. The molecule has 3 aromatic rings. The zero-order chi connectivity index (χ0) is 24.9. The number of aliphatic hydroxyl groups excluding tert-OH is 2. The fourth-order valence-electron chi connectivity index (χ4n) is 6.21. The van der Waals surface area contributed by atoms with Crippen LogP contribution >= 0.6 is 0 Å². The van der Waals surface area contributed by atoms with Crippen molar-refractivity contribution in [3.63, 3.8) is 0 Å². The fourth-order valence-corrected chi connectivity index (χ4v) is 6.21. The van der Waals surface area contributed by atoms with Crippen molar-refractivity contribution in [2.45, 2.75) is 49.5 Å². The molecule has 2 aliphatic carbocycles. The molecular weight excluding hydrogens is 454 g/mol. The van der Waals surface area contributed by atoms with Crippen LogP contribution in [0.4, 0.5) is 11.4 Å². The molecule has 36 heavy (non-hydrogen) atoms. The van der Waals surface area contributed by atoms with E-state index in [4.69, 9.17) is 5.11 Å². The summed E-state index contributed by atoms with van der Waals surface area (Å²) in [6, 6.07) is 13.5. The summed E-state index contributed by atoms with van der Waals surface area (Å²) in [6.07, 6.45) is 10.1. The van der Waals surface area contributed by atoms with Crippen LogP contribution in [0.25, 0.3) is 6.08 Å². The van der Waals surface area contributed by atoms with E-state index in [0.29, 0.717) is 12.1 Å². The van der Waals surface area contributed by atoms with Crippen LogP contribution in [-0.4, -0.2) is 39.7 Å². The summed E-state index contributed by atoms with van der Waals surface area (Å²) in [6.45, 7) is -0.662. The fraction of sp³-hybridized carbons (Fsp3) is 0.310. The molecule has 1 aromatic heterocycles. The molecule has 0 fully saturated rings. The lowest BCUT2D eigenvalue weighted by molar-refractivity contribution is -0.125. The number of fused-ring (bicyclic) bond motifs is 3. The van der Waals surface area contributed by atoms with Gasteiger partial charge in [0.25, 0.3) is 5.91 Å². The van der Waals surface area contributed by atoms with Gasteiger partial charge in [0.1, 0.15) is 0 Å². The lowest BCUT2D eigenvalue weighted by atomic mass is 9.65. The molecule has 0 saturated carbocycles. The third kappa shape index (κ3) is 3.58. The summed E-state index contributed by atoms with van der Waals surface area (Å²) in [5.74, 6) is -1.26. The second-order valence-corrected chi connectivity index (χ2v) is 10.0. The van der Waals surface area contributed by atoms with Crippen molar-refractivity contribution in [1.82, 2.24) is 4.98 Å². The van der Waals surface area contributed by atoms with Gasteiger partial charge in [-0.05, 0) is 78.1 Å². The summed E-state index contributed by atoms with van der Waals surface area (Å²) in [7, 11) is 0. The van der Waals surface area contributed by atoms with E-state index in [1.54, 1.807) is 12.1 Å². The standard InChI is InChI=1S/C29H29N3O4/c33-16-25(34)27(35)31-19-9-10-24-21(13-19)26(28(36)32-24)29(12-11-17-5-1-3-7-22(17)29)14-18-15-30-23-8-4-2-6-20(18)23/h1,3,5,7,9-13,15,25-26,30,33-34H,2,4,6,8,14,16H2,(H,31,35)(H,32,36). The summed E-state index contributed by atoms with van der Waals surface area (Å²) in [4.78, 5) is 29.3. The second kappa shape index (κ2) is 8.76. The van der Waals surface area contributed by atoms with E-state index in [9.17, 15) is 14.7 Å². The second-order valence-electron chi connectivity index (χ2n) is 10.0. The average Bonchev–Trinajstić information content (AvgIpc) is 3.57. The van der Waals surface area contributed by atoms with E-state index in [0.717, 1.165) is 35.2 Å². The van der Waals surface area contributed by atoms with Crippen molar-refractivity contribution in [2.75, 3.05) is 17.2 Å². The largest absolute Gasteiger partial charge is 0.393 e. The first-order valence-corrected chi connectivity index (χ1v) is 12.5. The molecule has 5 N–H and O–H groups in total. The monoisotopic (exact) mass is 483 g/mol. The van der Waals surface area contributed by atoms with Crippen molar-refractivity contribution in [1.29, 1.82) is 0 Å². The normalized spacial score (nSPS) is 22.5. The number of aromatic amines is 1. The highest BCUT2D eigenvalue weighted by molar-refractivity contribution is 6.06. The maximum atomic E-state index is 13.6. The zero-order valence-electron chi connectivity index (χ0n) is 19.9. The van der Waals surface area contributed by atoms with Gasteiger partial charge in [-0.1, -0.05) is 36.4 Å². The number of carbonyl (C=O) groups excluding carboxylic acids is 2. The van der Waals surface area contributed by atoms with Crippen molar-refractivity contribution in [2.24, 2.45) is 0 Å². The molecular formula is C29H29N3O4. The molecule has 1 aliphatic heterocycles. The lowest BCUT2D eigenvalue weighted by Crippen LogP contribution is -2.37. The van der Waals surface area contributed by atoms with Crippen molar-refractivity contribution in [3.8, 4) is 0 Å². The number of H-pyrrole nitrogens is 1. The smallest absolute Gasteiger partial charge is 0.255 e. The minimum atomic E-state index is -1.51. The van der Waals surface area contributed by atoms with Gasteiger partial charge in [-0.15, -0.1) is 0 Å². The third-order valence-corrected chi connectivity index (χ3v) is 7.92. The van der Waals surface area contributed by atoms with E-state index < -0.39 is 30.0 Å². The zero-order valence-corrected chi connectivity index (χ0v) is 19.9. The van der Waals surface area contributed by atoms with Gasteiger partial charge in [-0.2, -0.15) is 0 Å².